The van der Waals surface area contributed by atoms with Gasteiger partial charge in [0.1, 0.15) is 13.2 Å². The Morgan fingerprint density at radius 1 is 0.356 bits per heavy atom. The van der Waals surface area contributed by atoms with Gasteiger partial charge < -0.3 is 33.3 Å². The lowest BCUT2D eigenvalue weighted by Gasteiger charge is -2.26. The minimum atomic E-state index is -1.61. The second-order valence-electron chi connectivity index (χ2n) is 23.4. The molecule has 0 rings (SSSR count). The van der Waals surface area contributed by atoms with E-state index in [1.165, 1.54) is 270 Å². The molecule has 73 heavy (non-hydrogen) atoms. The minimum absolute atomic E-state index is 0.153. The van der Waals surface area contributed by atoms with Crippen molar-refractivity contribution in [2.75, 3.05) is 47.5 Å². The summed E-state index contributed by atoms with van der Waals surface area (Å²) in [5.74, 6) is -2.25. The van der Waals surface area contributed by atoms with E-state index in [0.717, 1.165) is 38.5 Å². The number of carbonyl (C=O) groups excluding carboxylic acids is 3. The topological polar surface area (TPSA) is 111 Å². The first-order chi connectivity index (χ1) is 35.6. The van der Waals surface area contributed by atoms with Crippen molar-refractivity contribution in [1.29, 1.82) is 0 Å². The standard InChI is InChI=1S/C64H125NO8/c1-6-8-10-12-14-16-18-20-22-23-24-25-26-27-28-29-30-31-32-33-34-35-36-37-38-39-40-41-43-45-47-49-51-53-55-62(67)73-60(59-72-64(63(68)69)70-57-56-65(3,4)5)58-71-61(66)54-52-50-48-46-44-42-21-19-17-15-13-11-9-7-2/h60,64H,6-59H2,1-5H3. The van der Waals surface area contributed by atoms with Gasteiger partial charge in [-0.2, -0.15) is 0 Å². The summed E-state index contributed by atoms with van der Waals surface area (Å²) >= 11 is 0. The number of quaternary nitrogens is 1. The molecular formula is C64H125NO8. The van der Waals surface area contributed by atoms with E-state index in [-0.39, 0.29) is 32.2 Å². The predicted octanol–water partition coefficient (Wildman–Crippen LogP) is 17.8. The summed E-state index contributed by atoms with van der Waals surface area (Å²) in [5, 5.41) is 11.8. The minimum Gasteiger partial charge on any atom is -0.545 e. The molecule has 0 aliphatic rings. The van der Waals surface area contributed by atoms with Gasteiger partial charge in [0, 0.05) is 12.8 Å². The zero-order valence-corrected chi connectivity index (χ0v) is 49.6. The lowest BCUT2D eigenvalue weighted by atomic mass is 10.0. The van der Waals surface area contributed by atoms with Gasteiger partial charge in [-0.1, -0.05) is 309 Å². The molecule has 0 aliphatic heterocycles. The molecule has 0 amide bonds. The van der Waals surface area contributed by atoms with E-state index < -0.39 is 24.3 Å². The summed E-state index contributed by atoms with van der Waals surface area (Å²) in [4.78, 5) is 37.3. The van der Waals surface area contributed by atoms with Crippen LogP contribution in [0.2, 0.25) is 0 Å². The lowest BCUT2D eigenvalue weighted by molar-refractivity contribution is -0.870. The summed E-state index contributed by atoms with van der Waals surface area (Å²) < 4.78 is 22.7. The fourth-order valence-electron chi connectivity index (χ4n) is 9.89. The highest BCUT2D eigenvalue weighted by Gasteiger charge is 2.22. The van der Waals surface area contributed by atoms with Crippen LogP contribution in [-0.4, -0.2) is 82.3 Å². The normalized spacial score (nSPS) is 12.6. The number of likely N-dealkylation sites (N-methyl/N-ethyl adjacent to an activating group) is 1. The van der Waals surface area contributed by atoms with Crippen LogP contribution in [0.5, 0.6) is 0 Å². The predicted molar refractivity (Wildman–Crippen MR) is 307 cm³/mol. The van der Waals surface area contributed by atoms with Crippen LogP contribution in [0.15, 0.2) is 0 Å². The van der Waals surface area contributed by atoms with Crippen LogP contribution in [0.25, 0.3) is 0 Å². The molecule has 0 aromatic carbocycles. The average molecular weight is 1040 g/mol. The van der Waals surface area contributed by atoms with Gasteiger partial charge in [-0.15, -0.1) is 0 Å². The molecule has 0 aromatic rings. The van der Waals surface area contributed by atoms with Crippen molar-refractivity contribution < 1.29 is 42.9 Å². The number of rotatable bonds is 61. The number of hydrogen-bond acceptors (Lipinski definition) is 8. The number of ether oxygens (including phenoxy) is 4. The summed E-state index contributed by atoms with van der Waals surface area (Å²) in [6, 6.07) is 0. The number of esters is 2. The van der Waals surface area contributed by atoms with Gasteiger partial charge >= 0.3 is 11.9 Å². The smallest absolute Gasteiger partial charge is 0.306 e. The van der Waals surface area contributed by atoms with Crippen LogP contribution >= 0.6 is 0 Å². The van der Waals surface area contributed by atoms with E-state index >= 15 is 0 Å². The zero-order chi connectivity index (χ0) is 53.4. The van der Waals surface area contributed by atoms with Gasteiger partial charge in [0.25, 0.3) is 0 Å². The molecule has 0 N–H and O–H groups in total. The molecule has 0 aromatic heterocycles. The van der Waals surface area contributed by atoms with Gasteiger partial charge in [0.15, 0.2) is 12.4 Å². The SMILES string of the molecule is CCCCCCCCCCCCCCCCCCCCCCCCCCCCCCCCCCCCC(=O)OC(COC(=O)CCCCCCCCCCCCCCCC)COC(OCC[N+](C)(C)C)C(=O)[O-]. The molecule has 9 nitrogen and oxygen atoms in total. The molecule has 0 fully saturated rings. The maximum Gasteiger partial charge on any atom is 0.306 e. The van der Waals surface area contributed by atoms with E-state index in [4.69, 9.17) is 18.9 Å². The molecule has 2 atom stereocenters. The molecule has 9 heteroatoms. The second-order valence-corrected chi connectivity index (χ2v) is 23.4. The van der Waals surface area contributed by atoms with Crippen molar-refractivity contribution in [3.05, 3.63) is 0 Å². The van der Waals surface area contributed by atoms with E-state index in [9.17, 15) is 19.5 Å². The monoisotopic (exact) mass is 1040 g/mol. The van der Waals surface area contributed by atoms with Crippen molar-refractivity contribution in [2.45, 2.75) is 347 Å². The van der Waals surface area contributed by atoms with E-state index in [0.29, 0.717) is 17.4 Å². The maximum absolute atomic E-state index is 12.9. The van der Waals surface area contributed by atoms with Gasteiger partial charge in [-0.05, 0) is 12.8 Å². The Bertz CT molecular complexity index is 1160. The highest BCUT2D eigenvalue weighted by atomic mass is 16.7. The van der Waals surface area contributed by atoms with Crippen LogP contribution in [0.1, 0.15) is 335 Å². The molecule has 0 aliphatic carbocycles. The Kier molecular flexibility index (Phi) is 55.2. The molecule has 0 radical (unpaired) electrons. The third kappa shape index (κ3) is 57.8. The fourth-order valence-corrected chi connectivity index (χ4v) is 9.89. The fraction of sp³-hybridized carbons (Fsp3) is 0.953. The van der Waals surface area contributed by atoms with Crippen LogP contribution in [0, 0.1) is 0 Å². The molecule has 0 bridgehead atoms. The van der Waals surface area contributed by atoms with Crippen LogP contribution in [0.4, 0.5) is 0 Å². The average Bonchev–Trinajstić information content (AvgIpc) is 3.36. The Balaban J connectivity index is 3.97. The number of carboxylic acid groups (broad SMARTS) is 1. The van der Waals surface area contributed by atoms with Crippen molar-refractivity contribution in [3.63, 3.8) is 0 Å². The van der Waals surface area contributed by atoms with Crippen molar-refractivity contribution in [3.8, 4) is 0 Å². The molecule has 434 valence electrons. The second kappa shape index (κ2) is 56.5. The van der Waals surface area contributed by atoms with Gasteiger partial charge in [-0.25, -0.2) is 0 Å². The van der Waals surface area contributed by atoms with Gasteiger partial charge in [0.05, 0.1) is 40.3 Å². The number of carboxylic acids is 1. The van der Waals surface area contributed by atoms with E-state index in [2.05, 4.69) is 13.8 Å². The highest BCUT2D eigenvalue weighted by Crippen LogP contribution is 2.19. The van der Waals surface area contributed by atoms with Crippen molar-refractivity contribution in [2.24, 2.45) is 0 Å². The Labute approximate surface area is 453 Å². The zero-order valence-electron chi connectivity index (χ0n) is 49.6. The van der Waals surface area contributed by atoms with Crippen LogP contribution in [0.3, 0.4) is 0 Å². The number of carbonyl (C=O) groups is 3. The molecule has 0 heterocycles. The molecule has 0 saturated heterocycles. The first-order valence-corrected chi connectivity index (χ1v) is 32.2. The van der Waals surface area contributed by atoms with Crippen molar-refractivity contribution >= 4 is 17.9 Å². The molecular weight excluding hydrogens is 911 g/mol. The molecule has 0 spiro atoms. The van der Waals surface area contributed by atoms with Gasteiger partial charge in [0.2, 0.25) is 0 Å². The van der Waals surface area contributed by atoms with Crippen molar-refractivity contribution in [1.82, 2.24) is 0 Å². The van der Waals surface area contributed by atoms with E-state index in [1.54, 1.807) is 0 Å². The van der Waals surface area contributed by atoms with Gasteiger partial charge in [-0.3, -0.25) is 9.59 Å². The maximum atomic E-state index is 12.9. The Morgan fingerprint density at radius 2 is 0.616 bits per heavy atom. The summed E-state index contributed by atoms with van der Waals surface area (Å²) in [5.41, 5.74) is 0. The number of nitrogens with zero attached hydrogens (tertiary/aromatic N) is 1. The summed E-state index contributed by atoms with van der Waals surface area (Å²) in [6.07, 6.45) is 61.9. The first kappa shape index (κ1) is 71.3. The quantitative estimate of drug-likeness (QED) is 0.0256. The van der Waals surface area contributed by atoms with E-state index in [1.807, 2.05) is 21.1 Å². The molecule has 2 unspecified atom stereocenters. The summed E-state index contributed by atoms with van der Waals surface area (Å²) in [6.45, 7) is 4.82. The Hall–Kier alpha value is -1.71. The third-order valence-electron chi connectivity index (χ3n) is 14.9. The van der Waals surface area contributed by atoms with Crippen LogP contribution < -0.4 is 5.11 Å². The highest BCUT2D eigenvalue weighted by molar-refractivity contribution is 5.70. The number of hydrogen-bond donors (Lipinski definition) is 0. The number of unbranched alkanes of at least 4 members (excludes halogenated alkanes) is 46. The molecule has 0 saturated carbocycles. The third-order valence-corrected chi connectivity index (χ3v) is 14.9. The largest absolute Gasteiger partial charge is 0.545 e. The summed E-state index contributed by atoms with van der Waals surface area (Å²) in [7, 11) is 5.94. The Morgan fingerprint density at radius 3 is 0.877 bits per heavy atom. The van der Waals surface area contributed by atoms with Crippen LogP contribution in [-0.2, 0) is 33.3 Å². The lowest BCUT2D eigenvalue weighted by Crippen LogP contribution is -2.44. The number of aliphatic carboxylic acids is 1. The first-order valence-electron chi connectivity index (χ1n) is 32.2.